The molecule has 1 aromatic heterocycles. The van der Waals surface area contributed by atoms with Crippen LogP contribution in [0.25, 0.3) is 0 Å². The highest BCUT2D eigenvalue weighted by molar-refractivity contribution is 7.89. The maximum Gasteiger partial charge on any atom is 0.284 e. The average molecular weight is 483 g/mol. The number of aliphatic hydroxyl groups excluding tert-OH is 1. The molecule has 0 bridgehead atoms. The summed E-state index contributed by atoms with van der Waals surface area (Å²) in [6.07, 6.45) is 2.00. The van der Waals surface area contributed by atoms with Crippen LogP contribution in [0.3, 0.4) is 0 Å². The number of anilines is 2. The molecule has 0 fully saturated rings. The lowest BCUT2D eigenvalue weighted by atomic mass is 10.0. The first kappa shape index (κ1) is 22.9. The zero-order chi connectivity index (χ0) is 23.8. The van der Waals surface area contributed by atoms with E-state index < -0.39 is 22.0 Å². The van der Waals surface area contributed by atoms with Crippen molar-refractivity contribution in [3.8, 4) is 6.07 Å². The molecule has 2 aromatic carbocycles. The molecule has 0 saturated heterocycles. The highest BCUT2D eigenvalue weighted by Crippen LogP contribution is 2.35. The molecule has 0 saturated carbocycles. The molecule has 4 rings (SSSR count). The molecular formula is C23H22N4O4S2. The van der Waals surface area contributed by atoms with Crippen molar-refractivity contribution in [1.29, 1.82) is 5.26 Å². The maximum absolute atomic E-state index is 12.4. The Morgan fingerprint density at radius 2 is 2.03 bits per heavy atom. The van der Waals surface area contributed by atoms with Gasteiger partial charge in [-0.25, -0.2) is 18.1 Å². The molecule has 10 heteroatoms. The SMILES string of the molecule is Cc1sc(N(Cc2ccc3c(c2)C(O)CC3)c2ccc(C#N)cc2)nc1C(=O)NS(C)(=O)=O. The van der Waals surface area contributed by atoms with Gasteiger partial charge in [-0.3, -0.25) is 4.79 Å². The van der Waals surface area contributed by atoms with Crippen LogP contribution >= 0.6 is 11.3 Å². The molecule has 2 N–H and O–H groups in total. The minimum Gasteiger partial charge on any atom is -0.388 e. The molecule has 1 aliphatic rings. The Bertz CT molecular complexity index is 1360. The summed E-state index contributed by atoms with van der Waals surface area (Å²) in [6, 6.07) is 15.1. The Kier molecular flexibility index (Phi) is 6.21. The number of aromatic nitrogens is 1. The van der Waals surface area contributed by atoms with Crippen LogP contribution in [0.5, 0.6) is 0 Å². The Hall–Kier alpha value is -3.26. The number of hydrogen-bond acceptors (Lipinski definition) is 8. The highest BCUT2D eigenvalue weighted by Gasteiger charge is 2.24. The number of carbonyl (C=O) groups excluding carboxylic acids is 1. The van der Waals surface area contributed by atoms with E-state index in [2.05, 4.69) is 11.1 Å². The number of aliphatic hydroxyl groups is 1. The zero-order valence-electron chi connectivity index (χ0n) is 18.1. The molecule has 0 radical (unpaired) electrons. The number of nitriles is 1. The zero-order valence-corrected chi connectivity index (χ0v) is 19.7. The Labute approximate surface area is 196 Å². The van der Waals surface area contributed by atoms with Crippen LogP contribution in [0.15, 0.2) is 42.5 Å². The molecule has 1 atom stereocenters. The van der Waals surface area contributed by atoms with Crippen LogP contribution in [-0.2, 0) is 23.0 Å². The predicted molar refractivity (Wildman–Crippen MR) is 126 cm³/mol. The Morgan fingerprint density at radius 3 is 2.70 bits per heavy atom. The normalized spacial score (nSPS) is 15.0. The molecule has 0 aliphatic heterocycles. The molecule has 3 aromatic rings. The van der Waals surface area contributed by atoms with Gasteiger partial charge >= 0.3 is 0 Å². The number of sulfonamides is 1. The first-order valence-electron chi connectivity index (χ1n) is 10.2. The van der Waals surface area contributed by atoms with Gasteiger partial charge in [0.2, 0.25) is 10.0 Å². The van der Waals surface area contributed by atoms with E-state index in [1.54, 1.807) is 31.2 Å². The number of hydrogen-bond donors (Lipinski definition) is 2. The largest absolute Gasteiger partial charge is 0.388 e. The lowest BCUT2D eigenvalue weighted by Crippen LogP contribution is -2.30. The van der Waals surface area contributed by atoms with E-state index in [1.807, 2.05) is 27.8 Å². The van der Waals surface area contributed by atoms with Crippen molar-refractivity contribution in [2.75, 3.05) is 11.2 Å². The summed E-state index contributed by atoms with van der Waals surface area (Å²) >= 11 is 1.27. The third kappa shape index (κ3) is 5.06. The molecule has 170 valence electrons. The van der Waals surface area contributed by atoms with E-state index in [4.69, 9.17) is 5.26 Å². The van der Waals surface area contributed by atoms with Gasteiger partial charge in [0.05, 0.1) is 30.5 Å². The van der Waals surface area contributed by atoms with Crippen LogP contribution in [0.1, 0.15) is 50.1 Å². The molecule has 1 heterocycles. The van der Waals surface area contributed by atoms with Crippen molar-refractivity contribution in [1.82, 2.24) is 9.71 Å². The number of amides is 1. The second kappa shape index (κ2) is 8.94. The molecule has 0 spiro atoms. The fourth-order valence-corrected chi connectivity index (χ4v) is 5.18. The lowest BCUT2D eigenvalue weighted by Gasteiger charge is -2.23. The molecular weight excluding hydrogens is 460 g/mol. The first-order chi connectivity index (χ1) is 15.6. The van der Waals surface area contributed by atoms with Gasteiger partial charge < -0.3 is 10.0 Å². The van der Waals surface area contributed by atoms with Crippen LogP contribution in [-0.4, -0.2) is 30.7 Å². The van der Waals surface area contributed by atoms with Gasteiger partial charge in [0.15, 0.2) is 5.13 Å². The van der Waals surface area contributed by atoms with Gasteiger partial charge in [-0.15, -0.1) is 11.3 Å². The second-order valence-corrected chi connectivity index (χ2v) is 10.9. The van der Waals surface area contributed by atoms with Gasteiger partial charge in [-0.2, -0.15) is 5.26 Å². The van der Waals surface area contributed by atoms with E-state index in [-0.39, 0.29) is 5.69 Å². The summed E-state index contributed by atoms with van der Waals surface area (Å²) < 4.78 is 25.0. The van der Waals surface area contributed by atoms with Crippen LogP contribution in [0.4, 0.5) is 10.8 Å². The molecule has 8 nitrogen and oxygen atoms in total. The van der Waals surface area contributed by atoms with Gasteiger partial charge in [0.25, 0.3) is 5.91 Å². The lowest BCUT2D eigenvalue weighted by molar-refractivity contribution is 0.0977. The highest BCUT2D eigenvalue weighted by atomic mass is 32.2. The minimum atomic E-state index is -3.72. The van der Waals surface area contributed by atoms with Gasteiger partial charge in [-0.1, -0.05) is 18.2 Å². The number of thiazole rings is 1. The van der Waals surface area contributed by atoms with Gasteiger partial charge in [0, 0.05) is 10.6 Å². The number of fused-ring (bicyclic) bond motifs is 1. The summed E-state index contributed by atoms with van der Waals surface area (Å²) in [5.41, 5.74) is 4.34. The summed E-state index contributed by atoms with van der Waals surface area (Å²) in [4.78, 5) is 19.4. The first-order valence-corrected chi connectivity index (χ1v) is 12.9. The van der Waals surface area contributed by atoms with Crippen molar-refractivity contribution >= 4 is 38.1 Å². The summed E-state index contributed by atoms with van der Waals surface area (Å²) in [7, 11) is -3.72. The third-order valence-corrected chi connectivity index (χ3v) is 6.96. The standard InChI is InChI=1S/C23H22N4O4S2/c1-14-21(22(29)26-33(2,30)31)25-23(32-14)27(18-8-4-15(12-24)5-9-18)13-16-3-6-17-7-10-20(28)19(17)11-16/h3-6,8-9,11,20,28H,7,10,13H2,1-2H3,(H,26,29). The molecule has 1 unspecified atom stereocenters. The Morgan fingerprint density at radius 1 is 1.30 bits per heavy atom. The van der Waals surface area contributed by atoms with E-state index >= 15 is 0 Å². The number of benzene rings is 2. The number of rotatable bonds is 6. The van der Waals surface area contributed by atoms with Crippen molar-refractivity contribution in [3.05, 3.63) is 75.3 Å². The number of nitrogens with one attached hydrogen (secondary N) is 1. The second-order valence-electron chi connectivity index (χ2n) is 7.94. The summed E-state index contributed by atoms with van der Waals surface area (Å²) in [5, 5.41) is 19.9. The molecule has 1 amide bonds. The van der Waals surface area contributed by atoms with Gasteiger partial charge in [0.1, 0.15) is 5.69 Å². The number of carbonyl (C=O) groups is 1. The smallest absolute Gasteiger partial charge is 0.284 e. The van der Waals surface area contributed by atoms with Crippen LogP contribution in [0, 0.1) is 18.3 Å². The molecule has 1 aliphatic carbocycles. The number of nitrogens with zero attached hydrogens (tertiary/aromatic N) is 3. The van der Waals surface area contributed by atoms with Crippen LogP contribution < -0.4 is 9.62 Å². The molecule has 33 heavy (non-hydrogen) atoms. The monoisotopic (exact) mass is 482 g/mol. The summed E-state index contributed by atoms with van der Waals surface area (Å²) in [6.45, 7) is 2.12. The van der Waals surface area contributed by atoms with Crippen molar-refractivity contribution in [3.63, 3.8) is 0 Å². The maximum atomic E-state index is 12.4. The summed E-state index contributed by atoms with van der Waals surface area (Å²) in [5.74, 6) is -0.780. The average Bonchev–Trinajstić information content (AvgIpc) is 3.33. The van der Waals surface area contributed by atoms with E-state index in [0.717, 1.165) is 35.1 Å². The van der Waals surface area contributed by atoms with Gasteiger partial charge in [-0.05, 0) is 60.7 Å². The van der Waals surface area contributed by atoms with E-state index in [0.29, 0.717) is 28.5 Å². The van der Waals surface area contributed by atoms with E-state index in [1.165, 1.54) is 11.3 Å². The topological polar surface area (TPSA) is 123 Å². The fourth-order valence-electron chi connectivity index (χ4n) is 3.82. The van der Waals surface area contributed by atoms with Crippen molar-refractivity contribution in [2.45, 2.75) is 32.4 Å². The van der Waals surface area contributed by atoms with Crippen LogP contribution in [0.2, 0.25) is 0 Å². The van der Waals surface area contributed by atoms with Crippen molar-refractivity contribution < 1.29 is 18.3 Å². The minimum absolute atomic E-state index is 0.0449. The Balaban J connectivity index is 1.72. The third-order valence-electron chi connectivity index (χ3n) is 5.41. The van der Waals surface area contributed by atoms with Crippen molar-refractivity contribution in [2.24, 2.45) is 0 Å². The fraction of sp³-hybridized carbons (Fsp3) is 0.261. The van der Waals surface area contributed by atoms with E-state index in [9.17, 15) is 18.3 Å². The number of aryl methyl sites for hydroxylation is 2. The quantitative estimate of drug-likeness (QED) is 0.552. The predicted octanol–water partition coefficient (Wildman–Crippen LogP) is 3.33.